The van der Waals surface area contributed by atoms with E-state index in [1.165, 1.54) is 13.8 Å². The number of fused-ring (bicyclic) bond motifs is 2. The van der Waals surface area contributed by atoms with Crippen molar-refractivity contribution < 1.29 is 27.1 Å². The smallest absolute Gasteiger partial charge is 0.420 e. The first-order valence-electron chi connectivity index (χ1n) is 11.0. The number of carbonyl (C=O) groups is 1. The maximum Gasteiger partial charge on any atom is 0.420 e. The lowest BCUT2D eigenvalue weighted by molar-refractivity contribution is -0.144. The van der Waals surface area contributed by atoms with Crippen LogP contribution in [0.4, 0.5) is 23.2 Å². The number of piperidine rings is 1. The van der Waals surface area contributed by atoms with Gasteiger partial charge in [-0.2, -0.15) is 18.4 Å². The summed E-state index contributed by atoms with van der Waals surface area (Å²) in [6.45, 7) is 2.77. The van der Waals surface area contributed by atoms with Gasteiger partial charge < -0.3 is 15.0 Å². The van der Waals surface area contributed by atoms with Crippen LogP contribution in [0.15, 0.2) is 36.5 Å². The minimum absolute atomic E-state index is 0.161. The van der Waals surface area contributed by atoms with E-state index >= 15 is 0 Å². The van der Waals surface area contributed by atoms with Crippen molar-refractivity contribution in [3.63, 3.8) is 0 Å². The molecule has 2 bridgehead atoms. The van der Waals surface area contributed by atoms with Crippen molar-refractivity contribution >= 4 is 11.6 Å². The zero-order valence-corrected chi connectivity index (χ0v) is 18.7. The highest BCUT2D eigenvalue weighted by atomic mass is 19.4. The van der Waals surface area contributed by atoms with Gasteiger partial charge in [0, 0.05) is 18.1 Å². The number of ether oxygens (including phenoxy) is 1. The number of aromatic nitrogens is 1. The van der Waals surface area contributed by atoms with Gasteiger partial charge in [-0.3, -0.25) is 4.79 Å². The van der Waals surface area contributed by atoms with E-state index in [1.807, 2.05) is 12.1 Å². The first kappa shape index (κ1) is 23.8. The molecular formula is C24H24F4N4O2. The lowest BCUT2D eigenvalue weighted by Crippen LogP contribution is -2.55. The number of amides is 1. The molecule has 1 unspecified atom stereocenters. The van der Waals surface area contributed by atoms with E-state index in [0.717, 1.165) is 30.7 Å². The number of nitriles is 1. The summed E-state index contributed by atoms with van der Waals surface area (Å²) in [5, 5.41) is 11.9. The van der Waals surface area contributed by atoms with Crippen molar-refractivity contribution in [2.45, 2.75) is 69.4 Å². The summed E-state index contributed by atoms with van der Waals surface area (Å²) in [5.41, 5.74) is -1.60. The van der Waals surface area contributed by atoms with Gasteiger partial charge in [0.1, 0.15) is 28.9 Å². The Morgan fingerprint density at radius 3 is 2.41 bits per heavy atom. The van der Waals surface area contributed by atoms with Crippen LogP contribution in [0.25, 0.3) is 0 Å². The van der Waals surface area contributed by atoms with Crippen molar-refractivity contribution in [1.29, 1.82) is 5.26 Å². The third-order valence-electron chi connectivity index (χ3n) is 6.39. The Morgan fingerprint density at radius 1 is 1.18 bits per heavy atom. The third-order valence-corrected chi connectivity index (χ3v) is 6.39. The summed E-state index contributed by atoms with van der Waals surface area (Å²) in [6.07, 6.45) is 0.0885. The number of rotatable bonds is 5. The fraction of sp³-hybridized carbons (Fsp3) is 0.458. The first-order valence-corrected chi connectivity index (χ1v) is 11.0. The van der Waals surface area contributed by atoms with Crippen LogP contribution in [-0.4, -0.2) is 34.6 Å². The van der Waals surface area contributed by atoms with E-state index in [9.17, 15) is 22.4 Å². The molecule has 2 saturated heterocycles. The van der Waals surface area contributed by atoms with Crippen LogP contribution < -0.4 is 15.0 Å². The van der Waals surface area contributed by atoms with Crippen molar-refractivity contribution in [1.82, 2.24) is 10.3 Å². The molecule has 6 nitrogen and oxygen atoms in total. The Labute approximate surface area is 194 Å². The highest BCUT2D eigenvalue weighted by molar-refractivity contribution is 5.85. The van der Waals surface area contributed by atoms with Gasteiger partial charge in [-0.15, -0.1) is 0 Å². The van der Waals surface area contributed by atoms with Gasteiger partial charge in [0.25, 0.3) is 5.91 Å². The molecule has 180 valence electrons. The minimum Gasteiger partial charge on any atom is -0.477 e. The summed E-state index contributed by atoms with van der Waals surface area (Å²) in [6, 6.07) is 7.84. The molecule has 2 aliphatic rings. The summed E-state index contributed by atoms with van der Waals surface area (Å²) in [7, 11) is 0. The Kier molecular flexibility index (Phi) is 6.14. The van der Waals surface area contributed by atoms with E-state index in [2.05, 4.69) is 15.2 Å². The van der Waals surface area contributed by atoms with E-state index in [-0.39, 0.29) is 18.1 Å². The number of alkyl halides is 3. The van der Waals surface area contributed by atoms with Crippen molar-refractivity contribution in [2.75, 3.05) is 4.90 Å². The average molecular weight is 476 g/mol. The molecule has 1 N–H and O–H groups in total. The maximum atomic E-state index is 13.4. The second kappa shape index (κ2) is 8.78. The van der Waals surface area contributed by atoms with Gasteiger partial charge in [-0.05, 0) is 69.9 Å². The molecule has 2 aromatic rings. The fourth-order valence-electron chi connectivity index (χ4n) is 4.81. The monoisotopic (exact) mass is 476 g/mol. The summed E-state index contributed by atoms with van der Waals surface area (Å²) < 4.78 is 58.8. The Balaban J connectivity index is 1.43. The number of pyridine rings is 1. The largest absolute Gasteiger partial charge is 0.477 e. The average Bonchev–Trinajstić information content (AvgIpc) is 3.04. The van der Waals surface area contributed by atoms with Crippen molar-refractivity contribution in [3.8, 4) is 11.8 Å². The molecule has 1 aromatic carbocycles. The van der Waals surface area contributed by atoms with Crippen LogP contribution in [0.1, 0.15) is 50.8 Å². The van der Waals surface area contributed by atoms with Gasteiger partial charge >= 0.3 is 6.18 Å². The number of carbonyl (C=O) groups excluding carboxylic acids is 1. The Bertz CT molecular complexity index is 1100. The summed E-state index contributed by atoms with van der Waals surface area (Å²) in [5.74, 6) is -2.18. The standard InChI is InChI=1S/C24H24F4N4O2/c1-23(2,34-21-8-3-14(25)9-20(21)24(26,27)28)22(33)31-16-10-17-6-7-18(11-16)32(17)19-5-4-15(12-29)30-13-19/h3-5,8-9,13,16-18H,6-7,10-11H2,1-2H3,(H,31,33)/t16?,17-,18+. The van der Waals surface area contributed by atoms with Crippen LogP contribution in [0, 0.1) is 17.1 Å². The molecule has 10 heteroatoms. The number of nitrogens with one attached hydrogen (secondary N) is 1. The van der Waals surface area contributed by atoms with Gasteiger partial charge in [0.15, 0.2) is 5.60 Å². The van der Waals surface area contributed by atoms with Crippen LogP contribution in [0.5, 0.6) is 5.75 Å². The van der Waals surface area contributed by atoms with E-state index < -0.39 is 34.8 Å². The molecule has 2 aliphatic heterocycles. The topological polar surface area (TPSA) is 78.2 Å². The molecule has 0 spiro atoms. The summed E-state index contributed by atoms with van der Waals surface area (Å²) in [4.78, 5) is 19.4. The van der Waals surface area contributed by atoms with Crippen LogP contribution >= 0.6 is 0 Å². The highest BCUT2D eigenvalue weighted by Crippen LogP contribution is 2.40. The molecule has 0 aliphatic carbocycles. The number of halogens is 4. The number of hydrogen-bond acceptors (Lipinski definition) is 5. The Hall–Kier alpha value is -3.35. The second-order valence-electron chi connectivity index (χ2n) is 9.20. The molecule has 34 heavy (non-hydrogen) atoms. The van der Waals surface area contributed by atoms with Crippen LogP contribution in [-0.2, 0) is 11.0 Å². The highest BCUT2D eigenvalue weighted by Gasteiger charge is 2.43. The zero-order valence-electron chi connectivity index (χ0n) is 18.7. The Morgan fingerprint density at radius 2 is 1.85 bits per heavy atom. The number of benzene rings is 1. The van der Waals surface area contributed by atoms with Crippen LogP contribution in [0.3, 0.4) is 0 Å². The molecular weight excluding hydrogens is 452 g/mol. The summed E-state index contributed by atoms with van der Waals surface area (Å²) >= 11 is 0. The van der Waals surface area contributed by atoms with Gasteiger partial charge in [0.05, 0.1) is 11.9 Å². The van der Waals surface area contributed by atoms with Crippen molar-refractivity contribution in [2.24, 2.45) is 0 Å². The molecule has 1 aromatic heterocycles. The predicted molar refractivity (Wildman–Crippen MR) is 116 cm³/mol. The van der Waals surface area contributed by atoms with Crippen LogP contribution in [0.2, 0.25) is 0 Å². The first-order chi connectivity index (χ1) is 16.0. The molecule has 0 saturated carbocycles. The minimum atomic E-state index is -4.82. The van der Waals surface area contributed by atoms with E-state index in [1.54, 1.807) is 12.3 Å². The van der Waals surface area contributed by atoms with Crippen molar-refractivity contribution in [3.05, 3.63) is 53.6 Å². The van der Waals surface area contributed by atoms with Gasteiger partial charge in [0.2, 0.25) is 0 Å². The fourth-order valence-corrected chi connectivity index (χ4v) is 4.81. The third kappa shape index (κ3) is 4.79. The number of hydrogen-bond donors (Lipinski definition) is 1. The molecule has 3 heterocycles. The number of nitrogens with zero attached hydrogens (tertiary/aromatic N) is 3. The number of anilines is 1. The molecule has 3 atom stereocenters. The SMILES string of the molecule is CC(C)(Oc1ccc(F)cc1C(F)(F)F)C(=O)NC1C[C@H]2CC[C@@H](C1)N2c1ccc(C#N)nc1. The van der Waals surface area contributed by atoms with E-state index in [0.29, 0.717) is 24.6 Å². The molecule has 4 rings (SSSR count). The predicted octanol–water partition coefficient (Wildman–Crippen LogP) is 4.58. The van der Waals surface area contributed by atoms with Gasteiger partial charge in [-0.1, -0.05) is 0 Å². The molecule has 0 radical (unpaired) electrons. The van der Waals surface area contributed by atoms with E-state index in [4.69, 9.17) is 10.00 Å². The molecule has 2 fully saturated rings. The lowest BCUT2D eigenvalue weighted by atomic mass is 9.95. The second-order valence-corrected chi connectivity index (χ2v) is 9.20. The lowest BCUT2D eigenvalue weighted by Gasteiger charge is -2.41. The quantitative estimate of drug-likeness (QED) is 0.639. The normalized spacial score (nSPS) is 22.3. The van der Waals surface area contributed by atoms with Gasteiger partial charge in [-0.25, -0.2) is 9.37 Å². The maximum absolute atomic E-state index is 13.4. The molecule has 1 amide bonds. The zero-order chi connectivity index (χ0) is 24.7.